The van der Waals surface area contributed by atoms with Gasteiger partial charge in [-0.15, -0.1) is 0 Å². The van der Waals surface area contributed by atoms with Crippen molar-refractivity contribution in [2.75, 3.05) is 19.0 Å². The summed E-state index contributed by atoms with van der Waals surface area (Å²) in [5.41, 5.74) is 0.844. The molecule has 1 aliphatic carbocycles. The number of aromatic nitrogens is 2. The predicted molar refractivity (Wildman–Crippen MR) is 81.1 cm³/mol. The van der Waals surface area contributed by atoms with Crippen LogP contribution in [-0.2, 0) is 11.3 Å². The highest BCUT2D eigenvalue weighted by Gasteiger charge is 2.36. The van der Waals surface area contributed by atoms with Crippen molar-refractivity contribution in [1.29, 1.82) is 0 Å². The Kier molecular flexibility index (Phi) is 3.92. The molecule has 5 heteroatoms. The predicted octanol–water partition coefficient (Wildman–Crippen LogP) is 3.44. The quantitative estimate of drug-likeness (QED) is 0.882. The van der Waals surface area contributed by atoms with Gasteiger partial charge in [0.2, 0.25) is 0 Å². The average molecular weight is 287 g/mol. The topological polar surface area (TPSA) is 60.2 Å². The number of anilines is 1. The Bertz CT molecular complexity index is 599. The van der Waals surface area contributed by atoms with Crippen molar-refractivity contribution in [1.82, 2.24) is 9.97 Å². The molecule has 5 nitrogen and oxygen atoms in total. The third-order valence-electron chi connectivity index (χ3n) is 3.75. The van der Waals surface area contributed by atoms with E-state index in [1.165, 1.54) is 6.42 Å². The molecule has 2 aromatic heterocycles. The molecule has 1 N–H and O–H groups in total. The average Bonchev–Trinajstić information content (AvgIpc) is 3.01. The van der Waals surface area contributed by atoms with Crippen molar-refractivity contribution in [3.63, 3.8) is 0 Å². The summed E-state index contributed by atoms with van der Waals surface area (Å²) in [7, 11) is 1.66. The highest BCUT2D eigenvalue weighted by atomic mass is 16.5. The van der Waals surface area contributed by atoms with Gasteiger partial charge in [-0.2, -0.15) is 0 Å². The van der Waals surface area contributed by atoms with Gasteiger partial charge < -0.3 is 14.5 Å². The highest BCUT2D eigenvalue weighted by molar-refractivity contribution is 5.52. The van der Waals surface area contributed by atoms with E-state index in [9.17, 15) is 0 Å². The molecule has 0 spiro atoms. The standard InChI is InChI=1S/C16H21N3O2/c1-4-17-15-8-11(9-20-3)18-16(19-15)14-6-5-13(21-14)12-7-10(12)2/h5-6,8,10,12H,4,7,9H2,1-3H3,(H,17,18,19). The summed E-state index contributed by atoms with van der Waals surface area (Å²) >= 11 is 0. The summed E-state index contributed by atoms with van der Waals surface area (Å²) < 4.78 is 11.1. The molecule has 0 amide bonds. The minimum Gasteiger partial charge on any atom is -0.457 e. The summed E-state index contributed by atoms with van der Waals surface area (Å²) in [6.45, 7) is 5.55. The Hall–Kier alpha value is -1.88. The van der Waals surface area contributed by atoms with Crippen LogP contribution in [-0.4, -0.2) is 23.6 Å². The van der Waals surface area contributed by atoms with E-state index in [2.05, 4.69) is 22.2 Å². The number of methoxy groups -OCH3 is 1. The van der Waals surface area contributed by atoms with E-state index in [-0.39, 0.29) is 0 Å². The Morgan fingerprint density at radius 1 is 1.38 bits per heavy atom. The molecule has 3 rings (SSSR count). The van der Waals surface area contributed by atoms with Crippen molar-refractivity contribution >= 4 is 5.82 Å². The van der Waals surface area contributed by atoms with Crippen LogP contribution in [0, 0.1) is 5.92 Å². The molecule has 0 bridgehead atoms. The first kappa shape index (κ1) is 14.1. The molecular weight excluding hydrogens is 266 g/mol. The van der Waals surface area contributed by atoms with Crippen LogP contribution in [0.1, 0.15) is 37.6 Å². The number of furan rings is 1. The van der Waals surface area contributed by atoms with Crippen molar-refractivity contribution in [2.45, 2.75) is 32.8 Å². The molecule has 0 aliphatic heterocycles. The van der Waals surface area contributed by atoms with Crippen molar-refractivity contribution in [3.8, 4) is 11.6 Å². The Balaban J connectivity index is 1.90. The lowest BCUT2D eigenvalue weighted by Gasteiger charge is -2.07. The Morgan fingerprint density at radius 2 is 2.19 bits per heavy atom. The zero-order valence-electron chi connectivity index (χ0n) is 12.7. The van der Waals surface area contributed by atoms with Crippen molar-refractivity contribution in [2.24, 2.45) is 5.92 Å². The van der Waals surface area contributed by atoms with E-state index in [0.29, 0.717) is 18.3 Å². The second kappa shape index (κ2) is 5.85. The Labute approximate surface area is 124 Å². The zero-order chi connectivity index (χ0) is 14.8. The van der Waals surface area contributed by atoms with Gasteiger partial charge in [0.15, 0.2) is 11.6 Å². The first-order valence-electron chi connectivity index (χ1n) is 7.42. The molecule has 2 unspecified atom stereocenters. The van der Waals surface area contributed by atoms with Crippen LogP contribution in [0.3, 0.4) is 0 Å². The first-order valence-corrected chi connectivity index (χ1v) is 7.42. The fourth-order valence-electron chi connectivity index (χ4n) is 2.49. The molecule has 1 aliphatic rings. The Morgan fingerprint density at radius 3 is 2.86 bits per heavy atom. The van der Waals surface area contributed by atoms with E-state index in [1.807, 2.05) is 25.1 Å². The van der Waals surface area contributed by atoms with E-state index in [4.69, 9.17) is 9.15 Å². The van der Waals surface area contributed by atoms with Crippen LogP contribution in [0.5, 0.6) is 0 Å². The largest absolute Gasteiger partial charge is 0.457 e. The molecule has 21 heavy (non-hydrogen) atoms. The molecule has 1 saturated carbocycles. The zero-order valence-corrected chi connectivity index (χ0v) is 12.7. The molecule has 2 aromatic rings. The maximum atomic E-state index is 5.94. The lowest BCUT2D eigenvalue weighted by Crippen LogP contribution is -2.04. The van der Waals surface area contributed by atoms with Gasteiger partial charge in [-0.05, 0) is 31.4 Å². The van der Waals surface area contributed by atoms with Crippen LogP contribution >= 0.6 is 0 Å². The second-order valence-corrected chi connectivity index (χ2v) is 5.55. The van der Waals surface area contributed by atoms with Gasteiger partial charge in [0.1, 0.15) is 11.6 Å². The van der Waals surface area contributed by atoms with Gasteiger partial charge >= 0.3 is 0 Å². The van der Waals surface area contributed by atoms with Crippen molar-refractivity contribution < 1.29 is 9.15 Å². The number of hydrogen-bond donors (Lipinski definition) is 1. The molecule has 0 radical (unpaired) electrons. The van der Waals surface area contributed by atoms with Gasteiger partial charge in [0.25, 0.3) is 0 Å². The van der Waals surface area contributed by atoms with Crippen LogP contribution in [0.15, 0.2) is 22.6 Å². The lowest BCUT2D eigenvalue weighted by molar-refractivity contribution is 0.181. The van der Waals surface area contributed by atoms with Crippen LogP contribution < -0.4 is 5.32 Å². The number of rotatable bonds is 6. The van der Waals surface area contributed by atoms with Gasteiger partial charge in [-0.25, -0.2) is 9.97 Å². The first-order chi connectivity index (χ1) is 10.2. The summed E-state index contributed by atoms with van der Waals surface area (Å²) in [5, 5.41) is 3.22. The second-order valence-electron chi connectivity index (χ2n) is 5.55. The van der Waals surface area contributed by atoms with Crippen LogP contribution in [0.25, 0.3) is 11.6 Å². The summed E-state index contributed by atoms with van der Waals surface area (Å²) in [5.74, 6) is 4.47. The number of ether oxygens (including phenoxy) is 1. The highest BCUT2D eigenvalue weighted by Crippen LogP contribution is 2.47. The molecule has 2 atom stereocenters. The number of nitrogens with one attached hydrogen (secondary N) is 1. The SMILES string of the molecule is CCNc1cc(COC)nc(-c2ccc(C3CC3C)o2)n1. The normalized spacial score (nSPS) is 20.5. The molecule has 112 valence electrons. The smallest absolute Gasteiger partial charge is 0.197 e. The van der Waals surface area contributed by atoms with E-state index in [1.54, 1.807) is 7.11 Å². The van der Waals surface area contributed by atoms with Crippen LogP contribution in [0.2, 0.25) is 0 Å². The van der Waals surface area contributed by atoms with Crippen molar-refractivity contribution in [3.05, 3.63) is 29.7 Å². The van der Waals surface area contributed by atoms with Crippen LogP contribution in [0.4, 0.5) is 5.82 Å². The molecule has 1 fully saturated rings. The van der Waals surface area contributed by atoms with E-state index in [0.717, 1.165) is 35.5 Å². The summed E-state index contributed by atoms with van der Waals surface area (Å²) in [6, 6.07) is 5.91. The monoisotopic (exact) mass is 287 g/mol. The third-order valence-corrected chi connectivity index (χ3v) is 3.75. The number of nitrogens with zero attached hydrogens (tertiary/aromatic N) is 2. The van der Waals surface area contributed by atoms with Gasteiger partial charge in [-0.3, -0.25) is 0 Å². The minimum atomic E-state index is 0.459. The number of hydrogen-bond acceptors (Lipinski definition) is 5. The fourth-order valence-corrected chi connectivity index (χ4v) is 2.49. The van der Waals surface area contributed by atoms with E-state index >= 15 is 0 Å². The molecular formula is C16H21N3O2. The maximum absolute atomic E-state index is 5.94. The minimum absolute atomic E-state index is 0.459. The van der Waals surface area contributed by atoms with Gasteiger partial charge in [0.05, 0.1) is 12.3 Å². The summed E-state index contributed by atoms with van der Waals surface area (Å²) in [4.78, 5) is 9.03. The van der Waals surface area contributed by atoms with Gasteiger partial charge in [0, 0.05) is 25.6 Å². The molecule has 2 heterocycles. The maximum Gasteiger partial charge on any atom is 0.197 e. The van der Waals surface area contributed by atoms with Gasteiger partial charge in [-0.1, -0.05) is 6.92 Å². The summed E-state index contributed by atoms with van der Waals surface area (Å²) in [6.07, 6.45) is 1.21. The fraction of sp³-hybridized carbons (Fsp3) is 0.500. The van der Waals surface area contributed by atoms with E-state index < -0.39 is 0 Å². The molecule has 0 saturated heterocycles. The molecule has 0 aromatic carbocycles. The lowest BCUT2D eigenvalue weighted by atomic mass is 10.3. The third kappa shape index (κ3) is 3.08.